The van der Waals surface area contributed by atoms with Gasteiger partial charge in [-0.3, -0.25) is 4.79 Å². The van der Waals surface area contributed by atoms with Gasteiger partial charge in [-0.25, -0.2) is 13.4 Å². The molecule has 1 aliphatic carbocycles. The van der Waals surface area contributed by atoms with Crippen LogP contribution >= 0.6 is 0 Å². The number of ether oxygens (including phenoxy) is 1. The highest BCUT2D eigenvalue weighted by atomic mass is 32.2. The monoisotopic (exact) mass is 552 g/mol. The summed E-state index contributed by atoms with van der Waals surface area (Å²) in [5.74, 6) is 2.63. The minimum atomic E-state index is -3.00. The van der Waals surface area contributed by atoms with Gasteiger partial charge in [0.2, 0.25) is 11.9 Å². The second-order valence-electron chi connectivity index (χ2n) is 11.1. The summed E-state index contributed by atoms with van der Waals surface area (Å²) in [5.41, 5.74) is 0.949. The lowest BCUT2D eigenvalue weighted by atomic mass is 9.85. The Balaban J connectivity index is 1.08. The van der Waals surface area contributed by atoms with Gasteiger partial charge in [0, 0.05) is 61.2 Å². The molecule has 39 heavy (non-hydrogen) atoms. The van der Waals surface area contributed by atoms with E-state index >= 15 is 0 Å². The van der Waals surface area contributed by atoms with Crippen LogP contribution in [0, 0.1) is 5.92 Å². The van der Waals surface area contributed by atoms with E-state index in [2.05, 4.69) is 20.5 Å². The van der Waals surface area contributed by atoms with E-state index in [1.54, 1.807) is 6.20 Å². The fraction of sp³-hybridized carbons (Fsp3) is 0.536. The normalized spacial score (nSPS) is 24.8. The molecule has 2 aromatic heterocycles. The van der Waals surface area contributed by atoms with Crippen LogP contribution in [-0.2, 0) is 14.6 Å². The number of benzene rings is 1. The standard InChI is InChI=1S/C28H36N6O4S/c1-39(36,37)15-3-14-38-25-5-2-4-24-23(25)11-13-33(24)26-10-12-29-28(32-26)31-20-8-6-19(7-9-20)27(35)34-18-21-16-22(34)17-30-21/h2,4-5,10-13,19-22,30H,3,6-9,14-18H2,1H3,(H,29,31,32)/t19-,20-,21-,22+/m0/s1. The average molecular weight is 553 g/mol. The average Bonchev–Trinajstić information content (AvgIpc) is 3.67. The van der Waals surface area contributed by atoms with Crippen LogP contribution in [0.25, 0.3) is 16.7 Å². The number of aromatic nitrogens is 3. The molecule has 0 unspecified atom stereocenters. The SMILES string of the molecule is CS(=O)(=O)CCCOc1cccc2c1ccn2-c1ccnc(N[C@H]2CC[C@H](C(=O)N3C[C@@H]4C[C@@H]3CN4)CC2)n1. The molecule has 3 fully saturated rings. The molecule has 0 spiro atoms. The van der Waals surface area contributed by atoms with E-state index in [0.29, 0.717) is 37.0 Å². The van der Waals surface area contributed by atoms with Gasteiger partial charge in [-0.15, -0.1) is 0 Å². The largest absolute Gasteiger partial charge is 0.493 e. The van der Waals surface area contributed by atoms with Gasteiger partial charge in [0.1, 0.15) is 21.4 Å². The maximum atomic E-state index is 13.1. The third kappa shape index (κ3) is 5.74. The van der Waals surface area contributed by atoms with Crippen LogP contribution in [0.15, 0.2) is 42.7 Å². The molecule has 2 N–H and O–H groups in total. The number of fused-ring (bicyclic) bond motifs is 3. The van der Waals surface area contributed by atoms with Gasteiger partial charge < -0.3 is 24.8 Å². The number of anilines is 1. The Hall–Kier alpha value is -3.18. The van der Waals surface area contributed by atoms with Crippen molar-refractivity contribution in [1.82, 2.24) is 24.8 Å². The summed E-state index contributed by atoms with van der Waals surface area (Å²) < 4.78 is 30.7. The van der Waals surface area contributed by atoms with E-state index < -0.39 is 9.84 Å². The fourth-order valence-electron chi connectivity index (χ4n) is 6.25. The fourth-order valence-corrected chi connectivity index (χ4v) is 6.90. The van der Waals surface area contributed by atoms with E-state index in [9.17, 15) is 13.2 Å². The summed E-state index contributed by atoms with van der Waals surface area (Å²) in [6, 6.07) is 10.8. The van der Waals surface area contributed by atoms with Crippen LogP contribution < -0.4 is 15.4 Å². The van der Waals surface area contributed by atoms with Gasteiger partial charge in [0.15, 0.2) is 0 Å². The second-order valence-corrected chi connectivity index (χ2v) is 13.4. The lowest BCUT2D eigenvalue weighted by Gasteiger charge is -2.34. The number of nitrogens with zero attached hydrogens (tertiary/aromatic N) is 4. The highest BCUT2D eigenvalue weighted by molar-refractivity contribution is 7.90. The minimum absolute atomic E-state index is 0.107. The maximum absolute atomic E-state index is 13.1. The summed E-state index contributed by atoms with van der Waals surface area (Å²) in [6.07, 6.45) is 10.1. The first-order valence-electron chi connectivity index (χ1n) is 13.9. The number of amides is 1. The summed E-state index contributed by atoms with van der Waals surface area (Å²) in [5, 5.41) is 7.92. The molecule has 11 heteroatoms. The Labute approximate surface area is 229 Å². The second kappa shape index (κ2) is 10.8. The van der Waals surface area contributed by atoms with E-state index in [1.807, 2.05) is 41.1 Å². The predicted octanol–water partition coefficient (Wildman–Crippen LogP) is 2.78. The zero-order valence-electron chi connectivity index (χ0n) is 22.3. The highest BCUT2D eigenvalue weighted by Crippen LogP contribution is 2.32. The highest BCUT2D eigenvalue weighted by Gasteiger charge is 2.42. The van der Waals surface area contributed by atoms with Crippen molar-refractivity contribution in [3.05, 3.63) is 42.7 Å². The molecule has 1 saturated carbocycles. The number of piperazine rings is 1. The molecule has 6 rings (SSSR count). The number of carbonyl (C=O) groups excluding carboxylic acids is 1. The van der Waals surface area contributed by atoms with Crippen LogP contribution in [0.2, 0.25) is 0 Å². The maximum Gasteiger partial charge on any atom is 0.226 e. The summed E-state index contributed by atoms with van der Waals surface area (Å²) in [6.45, 7) is 2.15. The lowest BCUT2D eigenvalue weighted by Crippen LogP contribution is -2.49. The van der Waals surface area contributed by atoms with Crippen molar-refractivity contribution >= 4 is 32.6 Å². The zero-order valence-corrected chi connectivity index (χ0v) is 23.1. The van der Waals surface area contributed by atoms with Crippen LogP contribution in [0.5, 0.6) is 5.75 Å². The molecule has 4 heterocycles. The van der Waals surface area contributed by atoms with Crippen molar-refractivity contribution in [2.45, 2.75) is 56.7 Å². The number of sulfone groups is 1. The van der Waals surface area contributed by atoms with Gasteiger partial charge >= 0.3 is 0 Å². The van der Waals surface area contributed by atoms with Crippen molar-refractivity contribution < 1.29 is 17.9 Å². The first-order chi connectivity index (χ1) is 18.8. The van der Waals surface area contributed by atoms with E-state index in [-0.39, 0.29) is 17.7 Å². The topological polar surface area (TPSA) is 118 Å². The molecular weight excluding hydrogens is 516 g/mol. The van der Waals surface area contributed by atoms with Crippen molar-refractivity contribution in [2.75, 3.05) is 37.0 Å². The van der Waals surface area contributed by atoms with Gasteiger partial charge in [-0.1, -0.05) is 6.07 Å². The predicted molar refractivity (Wildman–Crippen MR) is 150 cm³/mol. The van der Waals surface area contributed by atoms with Crippen molar-refractivity contribution in [3.8, 4) is 11.6 Å². The Bertz CT molecular complexity index is 1450. The molecule has 0 radical (unpaired) electrons. The molecule has 1 amide bonds. The van der Waals surface area contributed by atoms with Gasteiger partial charge in [-0.2, -0.15) is 4.98 Å². The quantitative estimate of drug-likeness (QED) is 0.389. The van der Waals surface area contributed by atoms with Crippen LogP contribution in [-0.4, -0.2) is 83.6 Å². The van der Waals surface area contributed by atoms with Crippen LogP contribution in [0.3, 0.4) is 0 Å². The van der Waals surface area contributed by atoms with Gasteiger partial charge in [0.05, 0.1) is 17.9 Å². The molecule has 1 aromatic carbocycles. The molecule has 3 aromatic rings. The lowest BCUT2D eigenvalue weighted by molar-refractivity contribution is -0.137. The number of nitrogens with one attached hydrogen (secondary N) is 2. The Morgan fingerprint density at radius 3 is 2.77 bits per heavy atom. The summed E-state index contributed by atoms with van der Waals surface area (Å²) in [7, 11) is -3.00. The first kappa shape index (κ1) is 26.1. The van der Waals surface area contributed by atoms with Crippen molar-refractivity contribution in [1.29, 1.82) is 0 Å². The Kier molecular flexibility index (Phi) is 7.20. The van der Waals surface area contributed by atoms with Crippen LogP contribution in [0.4, 0.5) is 5.95 Å². The number of hydrogen-bond acceptors (Lipinski definition) is 8. The van der Waals surface area contributed by atoms with Gasteiger partial charge in [0.25, 0.3) is 0 Å². The zero-order chi connectivity index (χ0) is 27.0. The number of rotatable bonds is 9. The van der Waals surface area contributed by atoms with E-state index in [0.717, 1.165) is 67.7 Å². The third-order valence-electron chi connectivity index (χ3n) is 8.25. The molecule has 2 aliphatic heterocycles. The minimum Gasteiger partial charge on any atom is -0.493 e. The Morgan fingerprint density at radius 2 is 2.03 bits per heavy atom. The number of likely N-dealkylation sites (tertiary alicyclic amines) is 1. The molecule has 208 valence electrons. The molecule has 10 nitrogen and oxygen atoms in total. The number of hydrogen-bond donors (Lipinski definition) is 2. The van der Waals surface area contributed by atoms with E-state index in [1.165, 1.54) is 6.26 Å². The van der Waals surface area contributed by atoms with Crippen molar-refractivity contribution in [3.63, 3.8) is 0 Å². The molecule has 3 aliphatic rings. The first-order valence-corrected chi connectivity index (χ1v) is 15.9. The number of carbonyl (C=O) groups is 1. The Morgan fingerprint density at radius 1 is 1.18 bits per heavy atom. The molecule has 2 bridgehead atoms. The van der Waals surface area contributed by atoms with E-state index in [4.69, 9.17) is 9.72 Å². The summed E-state index contributed by atoms with van der Waals surface area (Å²) in [4.78, 5) is 24.5. The molecule has 2 saturated heterocycles. The third-order valence-corrected chi connectivity index (χ3v) is 9.28. The molecular formula is C28H36N6O4S. The van der Waals surface area contributed by atoms with Crippen LogP contribution in [0.1, 0.15) is 38.5 Å². The molecule has 2 atom stereocenters. The smallest absolute Gasteiger partial charge is 0.226 e. The van der Waals surface area contributed by atoms with Gasteiger partial charge in [-0.05, 0) is 62.8 Å². The van der Waals surface area contributed by atoms with Crippen molar-refractivity contribution in [2.24, 2.45) is 5.92 Å². The summed E-state index contributed by atoms with van der Waals surface area (Å²) >= 11 is 0.